The second-order valence-corrected chi connectivity index (χ2v) is 4.02. The van der Waals surface area contributed by atoms with Crippen molar-refractivity contribution in [2.45, 2.75) is 19.4 Å². The third kappa shape index (κ3) is 3.45. The highest BCUT2D eigenvalue weighted by Crippen LogP contribution is 2.08. The summed E-state index contributed by atoms with van der Waals surface area (Å²) in [7, 11) is 0. The summed E-state index contributed by atoms with van der Waals surface area (Å²) in [4.78, 5) is 15.6. The number of nitrogens with zero attached hydrogens (tertiary/aromatic N) is 2. The molecule has 0 atom stereocenters. The molecule has 4 nitrogen and oxygen atoms in total. The van der Waals surface area contributed by atoms with E-state index in [0.717, 1.165) is 17.7 Å². The summed E-state index contributed by atoms with van der Waals surface area (Å²) in [6.45, 7) is 0.398. The van der Waals surface area contributed by atoms with Gasteiger partial charge in [-0.3, -0.25) is 4.79 Å². The molecule has 0 fully saturated rings. The fourth-order valence-corrected chi connectivity index (χ4v) is 1.63. The van der Waals surface area contributed by atoms with Crippen LogP contribution in [0.1, 0.15) is 12.0 Å². The maximum absolute atomic E-state index is 11.7. The monoisotopic (exact) mass is 229 g/mol. The zero-order valence-corrected chi connectivity index (χ0v) is 9.54. The number of nitrogens with two attached hydrogens (primary N) is 1. The maximum Gasteiger partial charge on any atom is 0.152 e. The first-order chi connectivity index (χ1) is 8.24. The standard InChI is InChI=1S/C13H15N3O/c14-12-4-1-11(2-5-12)3-6-13(17)9-16-8-7-15-10-16/h1-2,4-5,7-8,10H,3,6,9,14H2. The van der Waals surface area contributed by atoms with Crippen molar-refractivity contribution in [3.63, 3.8) is 0 Å². The summed E-state index contributed by atoms with van der Waals surface area (Å²) in [6, 6.07) is 7.63. The molecule has 0 spiro atoms. The van der Waals surface area contributed by atoms with E-state index in [1.54, 1.807) is 23.3 Å². The van der Waals surface area contributed by atoms with E-state index >= 15 is 0 Å². The van der Waals surface area contributed by atoms with E-state index < -0.39 is 0 Å². The lowest BCUT2D eigenvalue weighted by Gasteiger charge is -2.03. The average molecular weight is 229 g/mol. The number of Topliss-reactive ketones (excluding diaryl/α,β-unsaturated/α-hetero) is 1. The van der Waals surface area contributed by atoms with Crippen LogP contribution in [0.5, 0.6) is 0 Å². The van der Waals surface area contributed by atoms with Gasteiger partial charge in [-0.2, -0.15) is 0 Å². The van der Waals surface area contributed by atoms with Crippen molar-refractivity contribution in [2.75, 3.05) is 5.73 Å². The molecule has 1 aromatic heterocycles. The van der Waals surface area contributed by atoms with Gasteiger partial charge in [-0.15, -0.1) is 0 Å². The number of imidazole rings is 1. The molecule has 0 aliphatic rings. The molecule has 0 amide bonds. The highest BCUT2D eigenvalue weighted by Gasteiger charge is 2.03. The van der Waals surface area contributed by atoms with Crippen molar-refractivity contribution in [3.8, 4) is 0 Å². The molecule has 1 heterocycles. The second-order valence-electron chi connectivity index (χ2n) is 4.02. The van der Waals surface area contributed by atoms with Crippen molar-refractivity contribution in [2.24, 2.45) is 0 Å². The van der Waals surface area contributed by atoms with E-state index in [-0.39, 0.29) is 5.78 Å². The third-order valence-electron chi connectivity index (χ3n) is 2.59. The molecule has 2 rings (SSSR count). The molecule has 2 aromatic rings. The summed E-state index contributed by atoms with van der Waals surface area (Å²) in [5.74, 6) is 0.208. The quantitative estimate of drug-likeness (QED) is 0.793. The van der Waals surface area contributed by atoms with Crippen LogP contribution in [0.2, 0.25) is 0 Å². The van der Waals surface area contributed by atoms with Crippen molar-refractivity contribution in [3.05, 3.63) is 48.5 Å². The van der Waals surface area contributed by atoms with E-state index in [1.807, 2.05) is 24.3 Å². The Bertz CT molecular complexity index is 474. The van der Waals surface area contributed by atoms with Gasteiger partial charge in [-0.1, -0.05) is 12.1 Å². The van der Waals surface area contributed by atoms with E-state index in [2.05, 4.69) is 4.98 Å². The van der Waals surface area contributed by atoms with Crippen LogP contribution in [0, 0.1) is 0 Å². The number of carbonyl (C=O) groups is 1. The minimum atomic E-state index is 0.208. The number of nitrogen functional groups attached to an aromatic ring is 1. The Labute approximate surface area is 100 Å². The Morgan fingerprint density at radius 2 is 2.06 bits per heavy atom. The van der Waals surface area contributed by atoms with Crippen LogP contribution in [0.15, 0.2) is 43.0 Å². The number of benzene rings is 1. The zero-order chi connectivity index (χ0) is 12.1. The van der Waals surface area contributed by atoms with Crippen LogP contribution in [0.25, 0.3) is 0 Å². The van der Waals surface area contributed by atoms with Gasteiger partial charge < -0.3 is 10.3 Å². The summed E-state index contributed by atoms with van der Waals surface area (Å²) in [5.41, 5.74) is 7.48. The zero-order valence-electron chi connectivity index (χ0n) is 9.54. The van der Waals surface area contributed by atoms with Crippen LogP contribution in [-0.2, 0) is 17.8 Å². The highest BCUT2D eigenvalue weighted by atomic mass is 16.1. The van der Waals surface area contributed by atoms with Crippen LogP contribution in [0.4, 0.5) is 5.69 Å². The second kappa shape index (κ2) is 5.30. The minimum Gasteiger partial charge on any atom is -0.399 e. The molecule has 0 radical (unpaired) electrons. The Balaban J connectivity index is 1.82. The summed E-state index contributed by atoms with van der Waals surface area (Å²) in [5, 5.41) is 0. The lowest BCUT2D eigenvalue weighted by atomic mass is 10.1. The van der Waals surface area contributed by atoms with E-state index in [9.17, 15) is 4.79 Å². The van der Waals surface area contributed by atoms with E-state index in [4.69, 9.17) is 5.73 Å². The number of carbonyl (C=O) groups excluding carboxylic acids is 1. The summed E-state index contributed by atoms with van der Waals surface area (Å²) in [6.07, 6.45) is 6.42. The maximum atomic E-state index is 11.7. The molecular formula is C13H15N3O. The first-order valence-corrected chi connectivity index (χ1v) is 5.56. The third-order valence-corrected chi connectivity index (χ3v) is 2.59. The SMILES string of the molecule is Nc1ccc(CCC(=O)Cn2ccnc2)cc1. The molecule has 1 aromatic carbocycles. The molecule has 2 N–H and O–H groups in total. The van der Waals surface area contributed by atoms with Crippen molar-refractivity contribution in [1.82, 2.24) is 9.55 Å². The predicted molar refractivity (Wildman–Crippen MR) is 66.4 cm³/mol. The van der Waals surface area contributed by atoms with Gasteiger partial charge >= 0.3 is 0 Å². The molecule has 88 valence electrons. The Kier molecular flexibility index (Phi) is 3.55. The average Bonchev–Trinajstić information content (AvgIpc) is 2.81. The molecule has 0 unspecified atom stereocenters. The number of anilines is 1. The molecular weight excluding hydrogens is 214 g/mol. The lowest BCUT2D eigenvalue weighted by Crippen LogP contribution is -2.09. The van der Waals surface area contributed by atoms with Gasteiger partial charge in [0.1, 0.15) is 0 Å². The number of hydrogen-bond acceptors (Lipinski definition) is 3. The molecule has 0 saturated carbocycles. The van der Waals surface area contributed by atoms with Gasteiger partial charge in [-0.05, 0) is 24.1 Å². The van der Waals surface area contributed by atoms with Gasteiger partial charge in [-0.25, -0.2) is 4.98 Å². The van der Waals surface area contributed by atoms with E-state index in [0.29, 0.717) is 13.0 Å². The Morgan fingerprint density at radius 1 is 1.29 bits per heavy atom. The van der Waals surface area contributed by atoms with Gasteiger partial charge in [0.2, 0.25) is 0 Å². The molecule has 4 heteroatoms. The topological polar surface area (TPSA) is 60.9 Å². The van der Waals surface area contributed by atoms with E-state index in [1.165, 1.54) is 0 Å². The molecule has 17 heavy (non-hydrogen) atoms. The fourth-order valence-electron chi connectivity index (χ4n) is 1.63. The van der Waals surface area contributed by atoms with Gasteiger partial charge in [0.25, 0.3) is 0 Å². The van der Waals surface area contributed by atoms with Crippen molar-refractivity contribution >= 4 is 11.5 Å². The fraction of sp³-hybridized carbons (Fsp3) is 0.231. The number of hydrogen-bond donors (Lipinski definition) is 1. The Hall–Kier alpha value is -2.10. The summed E-state index contributed by atoms with van der Waals surface area (Å²) >= 11 is 0. The highest BCUT2D eigenvalue weighted by molar-refractivity contribution is 5.78. The predicted octanol–water partition coefficient (Wildman–Crippen LogP) is 1.67. The smallest absolute Gasteiger partial charge is 0.152 e. The van der Waals surface area contributed by atoms with Crippen LogP contribution in [-0.4, -0.2) is 15.3 Å². The Morgan fingerprint density at radius 3 is 2.71 bits per heavy atom. The first-order valence-electron chi connectivity index (χ1n) is 5.56. The number of rotatable bonds is 5. The van der Waals surface area contributed by atoms with Gasteiger partial charge in [0, 0.05) is 24.5 Å². The number of aryl methyl sites for hydroxylation is 1. The van der Waals surface area contributed by atoms with Gasteiger partial charge in [0.15, 0.2) is 5.78 Å². The normalized spacial score (nSPS) is 10.4. The number of aromatic nitrogens is 2. The minimum absolute atomic E-state index is 0.208. The van der Waals surface area contributed by atoms with Crippen LogP contribution >= 0.6 is 0 Å². The largest absolute Gasteiger partial charge is 0.399 e. The summed E-state index contributed by atoms with van der Waals surface area (Å²) < 4.78 is 1.78. The molecule has 0 aliphatic heterocycles. The van der Waals surface area contributed by atoms with Crippen LogP contribution < -0.4 is 5.73 Å². The van der Waals surface area contributed by atoms with Crippen molar-refractivity contribution < 1.29 is 4.79 Å². The molecule has 0 saturated heterocycles. The van der Waals surface area contributed by atoms with Crippen LogP contribution in [0.3, 0.4) is 0 Å². The van der Waals surface area contributed by atoms with Gasteiger partial charge in [0.05, 0.1) is 12.9 Å². The number of ketones is 1. The first kappa shape index (κ1) is 11.4. The molecule has 0 aliphatic carbocycles. The van der Waals surface area contributed by atoms with Crippen molar-refractivity contribution in [1.29, 1.82) is 0 Å². The molecule has 0 bridgehead atoms. The lowest BCUT2D eigenvalue weighted by molar-refractivity contribution is -0.119.